The number of halogens is 3. The van der Waals surface area contributed by atoms with Crippen LogP contribution in [0.15, 0.2) is 58.3 Å². The number of nitrogen functional groups attached to an aromatic ring is 1. The second kappa shape index (κ2) is 9.41. The first kappa shape index (κ1) is 24.6. The van der Waals surface area contributed by atoms with E-state index in [1.807, 2.05) is 4.57 Å². The van der Waals surface area contributed by atoms with Crippen LogP contribution in [0, 0.1) is 11.6 Å². The minimum atomic E-state index is -4.40. The first-order valence-corrected chi connectivity index (χ1v) is 13.5. The van der Waals surface area contributed by atoms with Crippen LogP contribution in [0.2, 0.25) is 0 Å². The molecule has 8 nitrogen and oxygen atoms in total. The molecule has 3 heterocycles. The molecule has 12 heteroatoms. The number of fused-ring (bicyclic) bond motifs is 1. The Balaban J connectivity index is 1.59. The fourth-order valence-corrected chi connectivity index (χ4v) is 6.03. The van der Waals surface area contributed by atoms with Gasteiger partial charge in [0.05, 0.1) is 11.1 Å². The summed E-state index contributed by atoms with van der Waals surface area (Å²) in [4.78, 5) is 10.2. The minimum Gasteiger partial charge on any atom is -0.383 e. The Hall–Kier alpha value is -3.09. The lowest BCUT2D eigenvalue weighted by Gasteiger charge is -2.30. The normalized spacial score (nSPS) is 15.4. The van der Waals surface area contributed by atoms with E-state index in [2.05, 4.69) is 42.6 Å². The Labute approximate surface area is 215 Å². The van der Waals surface area contributed by atoms with Crippen molar-refractivity contribution in [3.05, 3.63) is 65.0 Å². The van der Waals surface area contributed by atoms with Crippen molar-refractivity contribution in [1.29, 1.82) is 0 Å². The van der Waals surface area contributed by atoms with E-state index < -0.39 is 26.6 Å². The van der Waals surface area contributed by atoms with E-state index in [0.717, 1.165) is 38.1 Å². The summed E-state index contributed by atoms with van der Waals surface area (Å²) >= 11 is 3.10. The van der Waals surface area contributed by atoms with E-state index in [4.69, 9.17) is 5.73 Å². The number of nitrogens with two attached hydrogens (primary N) is 1. The van der Waals surface area contributed by atoms with Crippen molar-refractivity contribution < 1.29 is 17.2 Å². The van der Waals surface area contributed by atoms with Crippen LogP contribution in [-0.4, -0.2) is 48.0 Å². The molecule has 1 fully saturated rings. The molecule has 2 aromatic carbocycles. The molecule has 1 aliphatic rings. The van der Waals surface area contributed by atoms with E-state index in [-0.39, 0.29) is 23.1 Å². The Morgan fingerprint density at radius 1 is 1.11 bits per heavy atom. The SMILES string of the molecule is CN1CCC(n2cc(-c3cccc(NS(=O)(=O)c4ccc(Br)cc4F)c3F)c3c(N)ncnc32)CC1. The van der Waals surface area contributed by atoms with Crippen molar-refractivity contribution in [2.45, 2.75) is 23.8 Å². The van der Waals surface area contributed by atoms with Crippen LogP contribution in [0.4, 0.5) is 20.3 Å². The summed E-state index contributed by atoms with van der Waals surface area (Å²) in [5, 5.41) is 0.495. The molecule has 0 bridgehead atoms. The molecule has 1 aliphatic heterocycles. The van der Waals surface area contributed by atoms with Crippen LogP contribution in [0.1, 0.15) is 18.9 Å². The topological polar surface area (TPSA) is 106 Å². The summed E-state index contributed by atoms with van der Waals surface area (Å²) in [6, 6.07) is 8.02. The third-order valence-electron chi connectivity index (χ3n) is 6.44. The van der Waals surface area contributed by atoms with Gasteiger partial charge in [-0.15, -0.1) is 0 Å². The Morgan fingerprint density at radius 3 is 2.58 bits per heavy atom. The fraction of sp³-hybridized carbons (Fsp3) is 0.250. The van der Waals surface area contributed by atoms with Crippen LogP contribution in [0.5, 0.6) is 0 Å². The van der Waals surface area contributed by atoms with Crippen LogP contribution >= 0.6 is 15.9 Å². The summed E-state index contributed by atoms with van der Waals surface area (Å²) in [6.45, 7) is 1.83. The number of piperidine rings is 1. The van der Waals surface area contributed by atoms with Crippen LogP contribution in [0.25, 0.3) is 22.2 Å². The number of nitrogens with zero attached hydrogens (tertiary/aromatic N) is 4. The Morgan fingerprint density at radius 2 is 1.86 bits per heavy atom. The maximum absolute atomic E-state index is 15.8. The second-order valence-corrected chi connectivity index (χ2v) is 11.4. The number of anilines is 2. The summed E-state index contributed by atoms with van der Waals surface area (Å²) in [6.07, 6.45) is 4.97. The van der Waals surface area contributed by atoms with Gasteiger partial charge in [-0.25, -0.2) is 27.2 Å². The molecule has 0 radical (unpaired) electrons. The van der Waals surface area contributed by atoms with E-state index in [0.29, 0.717) is 21.1 Å². The number of benzene rings is 2. The van der Waals surface area contributed by atoms with Crippen molar-refractivity contribution in [3.63, 3.8) is 0 Å². The zero-order valence-corrected chi connectivity index (χ0v) is 21.7. The van der Waals surface area contributed by atoms with E-state index in [1.54, 1.807) is 6.20 Å². The highest BCUT2D eigenvalue weighted by atomic mass is 79.9. The summed E-state index contributed by atoms with van der Waals surface area (Å²) in [5.74, 6) is -1.58. The molecule has 2 aromatic heterocycles. The lowest BCUT2D eigenvalue weighted by molar-refractivity contribution is 0.224. The Kier molecular flexibility index (Phi) is 6.43. The minimum absolute atomic E-state index is 0.129. The van der Waals surface area contributed by atoms with Gasteiger partial charge in [0.25, 0.3) is 10.0 Å². The molecule has 5 rings (SSSR count). The third kappa shape index (κ3) is 4.44. The quantitative estimate of drug-likeness (QED) is 0.354. The molecule has 0 amide bonds. The van der Waals surface area contributed by atoms with Crippen LogP contribution in [-0.2, 0) is 10.0 Å². The monoisotopic (exact) mass is 576 g/mol. The molecule has 1 saturated heterocycles. The van der Waals surface area contributed by atoms with Gasteiger partial charge in [-0.1, -0.05) is 28.1 Å². The molecule has 0 atom stereocenters. The van der Waals surface area contributed by atoms with Gasteiger partial charge in [0, 0.05) is 27.8 Å². The van der Waals surface area contributed by atoms with Crippen molar-refractivity contribution in [2.75, 3.05) is 30.6 Å². The van der Waals surface area contributed by atoms with Crippen LogP contribution in [0.3, 0.4) is 0 Å². The maximum atomic E-state index is 15.8. The second-order valence-electron chi connectivity index (χ2n) is 8.79. The third-order valence-corrected chi connectivity index (χ3v) is 8.33. The van der Waals surface area contributed by atoms with Crippen molar-refractivity contribution in [2.24, 2.45) is 0 Å². The van der Waals surface area contributed by atoms with E-state index in [9.17, 15) is 12.8 Å². The number of aromatic nitrogens is 3. The van der Waals surface area contributed by atoms with Gasteiger partial charge in [-0.05, 0) is 57.2 Å². The van der Waals surface area contributed by atoms with Gasteiger partial charge in [-0.3, -0.25) is 4.72 Å². The number of nitrogens with one attached hydrogen (secondary N) is 1. The number of rotatable bonds is 5. The average Bonchev–Trinajstić information content (AvgIpc) is 3.21. The maximum Gasteiger partial charge on any atom is 0.264 e. The molecule has 0 saturated carbocycles. The highest BCUT2D eigenvalue weighted by Crippen LogP contribution is 2.39. The van der Waals surface area contributed by atoms with Gasteiger partial charge in [0.1, 0.15) is 28.5 Å². The molecule has 3 N–H and O–H groups in total. The molecule has 0 aliphatic carbocycles. The van der Waals surface area contributed by atoms with Gasteiger partial charge in [0.15, 0.2) is 5.82 Å². The molecule has 188 valence electrons. The van der Waals surface area contributed by atoms with Crippen LogP contribution < -0.4 is 10.5 Å². The largest absolute Gasteiger partial charge is 0.383 e. The lowest BCUT2D eigenvalue weighted by atomic mass is 10.0. The average molecular weight is 577 g/mol. The zero-order valence-electron chi connectivity index (χ0n) is 19.2. The van der Waals surface area contributed by atoms with Crippen molar-refractivity contribution in [3.8, 4) is 11.1 Å². The summed E-state index contributed by atoms with van der Waals surface area (Å²) in [5.41, 5.74) is 7.06. The van der Waals surface area contributed by atoms with Gasteiger partial charge in [0.2, 0.25) is 0 Å². The van der Waals surface area contributed by atoms with E-state index >= 15 is 4.39 Å². The van der Waals surface area contributed by atoms with Gasteiger partial charge >= 0.3 is 0 Å². The van der Waals surface area contributed by atoms with E-state index in [1.165, 1.54) is 30.6 Å². The molecule has 36 heavy (non-hydrogen) atoms. The molecule has 0 spiro atoms. The Bertz CT molecular complexity index is 1570. The number of hydrogen-bond donors (Lipinski definition) is 2. The first-order chi connectivity index (χ1) is 17.2. The smallest absolute Gasteiger partial charge is 0.264 e. The number of hydrogen-bond acceptors (Lipinski definition) is 6. The standard InChI is InChI=1S/C24H23BrF2N6O2S/c1-32-9-7-15(8-10-32)33-12-17(21-23(28)29-13-30-24(21)33)16-3-2-4-19(22(16)27)31-36(34,35)20-6-5-14(25)11-18(20)26/h2-6,11-13,15,31H,7-10H2,1H3,(H2,28,29,30). The zero-order chi connectivity index (χ0) is 25.6. The highest BCUT2D eigenvalue weighted by Gasteiger charge is 2.26. The molecule has 0 unspecified atom stereocenters. The lowest BCUT2D eigenvalue weighted by Crippen LogP contribution is -2.31. The predicted octanol–water partition coefficient (Wildman–Crippen LogP) is 4.79. The molecular weight excluding hydrogens is 554 g/mol. The number of sulfonamides is 1. The molecule has 4 aromatic rings. The fourth-order valence-electron chi connectivity index (χ4n) is 4.58. The predicted molar refractivity (Wildman–Crippen MR) is 138 cm³/mol. The summed E-state index contributed by atoms with van der Waals surface area (Å²) in [7, 11) is -2.33. The van der Waals surface area contributed by atoms with Gasteiger partial charge in [-0.2, -0.15) is 0 Å². The van der Waals surface area contributed by atoms with Crippen molar-refractivity contribution >= 4 is 48.5 Å². The molecular formula is C24H23BrF2N6O2S. The first-order valence-electron chi connectivity index (χ1n) is 11.2. The number of likely N-dealkylation sites (tertiary alicyclic amines) is 1. The van der Waals surface area contributed by atoms with Crippen molar-refractivity contribution in [1.82, 2.24) is 19.4 Å². The van der Waals surface area contributed by atoms with Gasteiger partial charge < -0.3 is 15.2 Å². The summed E-state index contributed by atoms with van der Waals surface area (Å²) < 4.78 is 60.4. The highest BCUT2D eigenvalue weighted by molar-refractivity contribution is 9.10.